The Morgan fingerprint density at radius 1 is 1.06 bits per heavy atom. The topological polar surface area (TPSA) is 63.5 Å². The second-order valence-corrected chi connectivity index (χ2v) is 8.35. The Kier molecular flexibility index (Phi) is 5.61. The number of aromatic nitrogens is 3. The molecule has 2 aliphatic rings. The van der Waals surface area contributed by atoms with Crippen LogP contribution in [0.25, 0.3) is 5.69 Å². The average molecular weight is 440 g/mol. The number of fused-ring (bicyclic) bond motifs is 1. The zero-order valence-electron chi connectivity index (χ0n) is 16.9. The number of ether oxygens (including phenoxy) is 1. The molecule has 0 unspecified atom stereocenters. The first-order chi connectivity index (χ1) is 15.2. The van der Waals surface area contributed by atoms with Crippen LogP contribution in [-0.2, 0) is 16.0 Å². The maximum Gasteiger partial charge on any atom is 0.237 e. The molecule has 1 amide bonds. The number of para-hydroxylation sites is 1. The van der Waals surface area contributed by atoms with Crippen LogP contribution in [0.2, 0.25) is 0 Å². The van der Waals surface area contributed by atoms with Gasteiger partial charge in [0.2, 0.25) is 11.9 Å². The molecule has 160 valence electrons. The predicted octanol–water partition coefficient (Wildman–Crippen LogP) is 2.92. The van der Waals surface area contributed by atoms with Crippen LogP contribution in [0, 0.1) is 5.82 Å². The lowest BCUT2D eigenvalue weighted by Gasteiger charge is -2.28. The lowest BCUT2D eigenvalue weighted by molar-refractivity contribution is -0.116. The highest BCUT2D eigenvalue weighted by molar-refractivity contribution is 7.99. The molecule has 0 bridgehead atoms. The number of anilines is 2. The number of carbonyl (C=O) groups excluding carboxylic acids is 1. The summed E-state index contributed by atoms with van der Waals surface area (Å²) >= 11 is 1.32. The van der Waals surface area contributed by atoms with Crippen molar-refractivity contribution >= 4 is 29.3 Å². The van der Waals surface area contributed by atoms with Crippen LogP contribution >= 0.6 is 11.8 Å². The summed E-state index contributed by atoms with van der Waals surface area (Å²) in [5.74, 6) is 0.553. The van der Waals surface area contributed by atoms with Crippen LogP contribution in [-0.4, -0.2) is 59.3 Å². The lowest BCUT2D eigenvalue weighted by Crippen LogP contribution is -2.38. The van der Waals surface area contributed by atoms with E-state index in [1.54, 1.807) is 6.07 Å². The largest absolute Gasteiger partial charge is 0.378 e. The number of thioether (sulfide) groups is 1. The fraction of sp³-hybridized carbons (Fsp3) is 0.318. The van der Waals surface area contributed by atoms with Gasteiger partial charge in [-0.05, 0) is 36.2 Å². The fourth-order valence-electron chi connectivity index (χ4n) is 3.97. The number of halogens is 1. The monoisotopic (exact) mass is 439 g/mol. The first-order valence-corrected chi connectivity index (χ1v) is 11.2. The summed E-state index contributed by atoms with van der Waals surface area (Å²) in [7, 11) is 0. The van der Waals surface area contributed by atoms with Gasteiger partial charge in [-0.2, -0.15) is 0 Å². The summed E-state index contributed by atoms with van der Waals surface area (Å²) in [4.78, 5) is 16.9. The lowest BCUT2D eigenvalue weighted by atomic mass is 10.2. The molecule has 1 aromatic heterocycles. The molecule has 0 saturated carbocycles. The van der Waals surface area contributed by atoms with Crippen LogP contribution in [0.1, 0.15) is 5.56 Å². The van der Waals surface area contributed by atoms with E-state index in [1.165, 1.54) is 29.5 Å². The van der Waals surface area contributed by atoms with Crippen molar-refractivity contribution in [2.75, 3.05) is 48.4 Å². The van der Waals surface area contributed by atoms with E-state index in [-0.39, 0.29) is 17.5 Å². The molecule has 2 aromatic carbocycles. The van der Waals surface area contributed by atoms with Gasteiger partial charge in [-0.15, -0.1) is 10.2 Å². The minimum Gasteiger partial charge on any atom is -0.378 e. The molecule has 9 heteroatoms. The highest BCUT2D eigenvalue weighted by atomic mass is 32.2. The number of morpholine rings is 1. The van der Waals surface area contributed by atoms with Crippen molar-refractivity contribution < 1.29 is 13.9 Å². The predicted molar refractivity (Wildman–Crippen MR) is 118 cm³/mol. The Hall–Kier alpha value is -2.91. The summed E-state index contributed by atoms with van der Waals surface area (Å²) in [6.07, 6.45) is 0.868. The maximum absolute atomic E-state index is 14.0. The van der Waals surface area contributed by atoms with Crippen molar-refractivity contribution in [1.82, 2.24) is 14.8 Å². The van der Waals surface area contributed by atoms with Crippen LogP contribution in [0.3, 0.4) is 0 Å². The second kappa shape index (κ2) is 8.68. The van der Waals surface area contributed by atoms with E-state index in [2.05, 4.69) is 21.2 Å². The summed E-state index contributed by atoms with van der Waals surface area (Å²) in [6, 6.07) is 14.3. The molecule has 5 rings (SSSR count). The zero-order chi connectivity index (χ0) is 21.2. The highest BCUT2D eigenvalue weighted by Crippen LogP contribution is 2.31. The molecule has 0 aliphatic carbocycles. The molecular weight excluding hydrogens is 417 g/mol. The van der Waals surface area contributed by atoms with Gasteiger partial charge in [-0.3, -0.25) is 9.36 Å². The van der Waals surface area contributed by atoms with Gasteiger partial charge < -0.3 is 14.5 Å². The molecular formula is C22H22FN5O2S. The van der Waals surface area contributed by atoms with Crippen LogP contribution in [0.15, 0.2) is 53.7 Å². The number of amides is 1. The zero-order valence-corrected chi connectivity index (χ0v) is 17.7. The van der Waals surface area contributed by atoms with Gasteiger partial charge in [0, 0.05) is 25.3 Å². The summed E-state index contributed by atoms with van der Waals surface area (Å²) in [6.45, 7) is 3.26. The van der Waals surface area contributed by atoms with Gasteiger partial charge >= 0.3 is 0 Å². The van der Waals surface area contributed by atoms with Crippen LogP contribution in [0.4, 0.5) is 16.0 Å². The molecule has 1 saturated heterocycles. The Balaban J connectivity index is 1.40. The number of hydrogen-bond acceptors (Lipinski definition) is 6. The summed E-state index contributed by atoms with van der Waals surface area (Å²) < 4.78 is 21.2. The molecule has 0 radical (unpaired) electrons. The van der Waals surface area contributed by atoms with Gasteiger partial charge in [0.1, 0.15) is 5.82 Å². The molecule has 0 N–H and O–H groups in total. The van der Waals surface area contributed by atoms with Crippen LogP contribution in [0.5, 0.6) is 0 Å². The minimum absolute atomic E-state index is 0.0247. The molecule has 0 atom stereocenters. The molecule has 3 heterocycles. The highest BCUT2D eigenvalue weighted by Gasteiger charge is 2.26. The van der Waals surface area contributed by atoms with Gasteiger partial charge in [0.05, 0.1) is 24.7 Å². The van der Waals surface area contributed by atoms with E-state index in [1.807, 2.05) is 33.7 Å². The van der Waals surface area contributed by atoms with E-state index >= 15 is 0 Å². The Bertz CT molecular complexity index is 1100. The molecule has 31 heavy (non-hydrogen) atoms. The van der Waals surface area contributed by atoms with Gasteiger partial charge in [0.25, 0.3) is 0 Å². The van der Waals surface area contributed by atoms with Crippen molar-refractivity contribution in [3.05, 3.63) is 59.9 Å². The fourth-order valence-corrected chi connectivity index (χ4v) is 4.79. The van der Waals surface area contributed by atoms with Crippen molar-refractivity contribution in [1.29, 1.82) is 0 Å². The van der Waals surface area contributed by atoms with Crippen molar-refractivity contribution in [2.45, 2.75) is 11.6 Å². The van der Waals surface area contributed by atoms with Gasteiger partial charge in [-0.25, -0.2) is 4.39 Å². The third kappa shape index (κ3) is 4.03. The average Bonchev–Trinajstić information content (AvgIpc) is 3.42. The number of hydrogen-bond donors (Lipinski definition) is 0. The molecule has 3 aromatic rings. The van der Waals surface area contributed by atoms with E-state index in [9.17, 15) is 9.18 Å². The molecule has 2 aliphatic heterocycles. The number of benzene rings is 2. The van der Waals surface area contributed by atoms with E-state index in [0.717, 1.165) is 12.1 Å². The van der Waals surface area contributed by atoms with Crippen LogP contribution < -0.4 is 9.80 Å². The first-order valence-electron chi connectivity index (χ1n) is 10.3. The van der Waals surface area contributed by atoms with Crippen molar-refractivity contribution in [3.8, 4) is 5.69 Å². The first kappa shape index (κ1) is 20.0. The SMILES string of the molecule is O=C(CSc1nnc(N2CCOCC2)n1-c1cccc(F)c1)N1CCc2ccccc21. The van der Waals surface area contributed by atoms with E-state index in [0.29, 0.717) is 49.6 Å². The number of nitrogens with zero attached hydrogens (tertiary/aromatic N) is 5. The smallest absolute Gasteiger partial charge is 0.237 e. The number of carbonyl (C=O) groups is 1. The van der Waals surface area contributed by atoms with Gasteiger partial charge in [-0.1, -0.05) is 36.0 Å². The standard InChI is InChI=1S/C22H22FN5O2S/c23-17-5-3-6-18(14-17)28-21(26-10-12-30-13-11-26)24-25-22(28)31-15-20(29)27-9-8-16-4-1-2-7-19(16)27/h1-7,14H,8-13,15H2. The minimum atomic E-state index is -0.333. The Morgan fingerprint density at radius 2 is 1.90 bits per heavy atom. The maximum atomic E-state index is 14.0. The number of rotatable bonds is 5. The third-order valence-electron chi connectivity index (χ3n) is 5.49. The van der Waals surface area contributed by atoms with Gasteiger partial charge in [0.15, 0.2) is 5.16 Å². The Morgan fingerprint density at radius 3 is 2.74 bits per heavy atom. The van der Waals surface area contributed by atoms with Crippen molar-refractivity contribution in [2.24, 2.45) is 0 Å². The van der Waals surface area contributed by atoms with Crippen molar-refractivity contribution in [3.63, 3.8) is 0 Å². The molecule has 0 spiro atoms. The summed E-state index contributed by atoms with van der Waals surface area (Å²) in [5, 5.41) is 9.28. The van der Waals surface area contributed by atoms with E-state index in [4.69, 9.17) is 4.74 Å². The molecule has 1 fully saturated rings. The second-order valence-electron chi connectivity index (χ2n) is 7.41. The molecule has 7 nitrogen and oxygen atoms in total. The third-order valence-corrected chi connectivity index (χ3v) is 6.40. The normalized spacial score (nSPS) is 15.9. The summed E-state index contributed by atoms with van der Waals surface area (Å²) in [5.41, 5.74) is 2.81. The Labute approximate surface area is 183 Å². The van der Waals surface area contributed by atoms with E-state index < -0.39 is 0 Å². The quantitative estimate of drug-likeness (QED) is 0.570.